The Balaban J connectivity index is 2.33. The van der Waals surface area contributed by atoms with Crippen LogP contribution in [0.5, 0.6) is 0 Å². The monoisotopic (exact) mass is 384 g/mol. The number of Topliss-reactive ketones (excluding diaryl/α,β-unsaturated/α-hetero) is 2. The molecule has 3 rings (SSSR count). The zero-order valence-electron chi connectivity index (χ0n) is 13.6. The number of ketones is 2. The van der Waals surface area contributed by atoms with Crippen LogP contribution in [-0.2, 0) is 28.0 Å². The Kier molecular flexibility index (Phi) is 3.94. The van der Waals surface area contributed by atoms with E-state index in [2.05, 4.69) is 0 Å². The molecule has 0 fully saturated rings. The summed E-state index contributed by atoms with van der Waals surface area (Å²) in [6.07, 6.45) is -1.17. The van der Waals surface area contributed by atoms with Crippen molar-refractivity contribution in [3.05, 3.63) is 33.8 Å². The van der Waals surface area contributed by atoms with Crippen molar-refractivity contribution in [2.24, 2.45) is 17.2 Å². The maximum atomic E-state index is 12.7. The van der Waals surface area contributed by atoms with Gasteiger partial charge in [-0.25, -0.2) is 4.79 Å². The molecule has 12 heteroatoms. The molecule has 26 heavy (non-hydrogen) atoms. The second kappa shape index (κ2) is 5.65. The summed E-state index contributed by atoms with van der Waals surface area (Å²) in [4.78, 5) is 36.3. The highest BCUT2D eigenvalue weighted by Crippen LogP contribution is 2.42. The van der Waals surface area contributed by atoms with Crippen molar-refractivity contribution in [2.75, 3.05) is 0 Å². The Morgan fingerprint density at radius 1 is 1.35 bits per heavy atom. The molecule has 0 aromatic carbocycles. The van der Waals surface area contributed by atoms with E-state index in [0.717, 1.165) is 0 Å². The number of nitrogens with two attached hydrogens (primary N) is 3. The van der Waals surface area contributed by atoms with Gasteiger partial charge in [0.15, 0.2) is 0 Å². The van der Waals surface area contributed by atoms with Crippen LogP contribution in [0, 0.1) is 0 Å². The van der Waals surface area contributed by atoms with Crippen molar-refractivity contribution in [1.29, 1.82) is 0 Å². The molecule has 0 bridgehead atoms. The van der Waals surface area contributed by atoms with Gasteiger partial charge in [0.1, 0.15) is 17.6 Å². The molecule has 2 aliphatic rings. The summed E-state index contributed by atoms with van der Waals surface area (Å²) < 4.78 is 39.2. The number of rotatable bonds is 3. The number of ether oxygens (including phenoxy) is 1. The van der Waals surface area contributed by atoms with E-state index >= 15 is 0 Å². The summed E-state index contributed by atoms with van der Waals surface area (Å²) in [5.41, 5.74) is 15.8. The van der Waals surface area contributed by atoms with Gasteiger partial charge in [0.2, 0.25) is 11.6 Å². The molecule has 1 aliphatic heterocycles. The fraction of sp³-hybridized carbons (Fsp3) is 0.357. The molecule has 1 amide bonds. The van der Waals surface area contributed by atoms with Crippen molar-refractivity contribution < 1.29 is 32.1 Å². The maximum Gasteiger partial charge on any atom is 0.404 e. The number of aromatic nitrogens is 1. The summed E-state index contributed by atoms with van der Waals surface area (Å²) in [5, 5.41) is -1.60. The largest absolute Gasteiger partial charge is 0.445 e. The maximum absolute atomic E-state index is 12.7. The van der Waals surface area contributed by atoms with Gasteiger partial charge in [0.25, 0.3) is 10.1 Å². The highest BCUT2D eigenvalue weighted by atomic mass is 32.2. The van der Waals surface area contributed by atoms with E-state index in [1.54, 1.807) is 0 Å². The third kappa shape index (κ3) is 2.41. The lowest BCUT2D eigenvalue weighted by molar-refractivity contribution is 0.0965. The van der Waals surface area contributed by atoms with Crippen molar-refractivity contribution in [1.82, 2.24) is 4.57 Å². The van der Waals surface area contributed by atoms with E-state index in [9.17, 15) is 27.4 Å². The molecule has 1 aliphatic carbocycles. The van der Waals surface area contributed by atoms with Crippen LogP contribution in [0.15, 0.2) is 11.3 Å². The van der Waals surface area contributed by atoms with Crippen LogP contribution in [0.25, 0.3) is 0 Å². The molecule has 0 spiro atoms. The van der Waals surface area contributed by atoms with Gasteiger partial charge >= 0.3 is 6.09 Å². The zero-order chi connectivity index (χ0) is 19.5. The van der Waals surface area contributed by atoms with E-state index in [4.69, 9.17) is 21.9 Å². The molecule has 2 heterocycles. The lowest BCUT2D eigenvalue weighted by Crippen LogP contribution is -2.33. The first-order valence-corrected chi connectivity index (χ1v) is 8.92. The first kappa shape index (κ1) is 18.1. The molecule has 0 radical (unpaired) electrons. The minimum atomic E-state index is -4.67. The second-order valence-electron chi connectivity index (χ2n) is 6.10. The lowest BCUT2D eigenvalue weighted by Gasteiger charge is -2.18. The average molecular weight is 384 g/mol. The van der Waals surface area contributed by atoms with Crippen LogP contribution in [0.1, 0.15) is 44.3 Å². The topological polar surface area (TPSA) is 198 Å². The minimum absolute atomic E-state index is 0.00838. The first-order chi connectivity index (χ1) is 12.0. The van der Waals surface area contributed by atoms with Gasteiger partial charge in [0.05, 0.1) is 11.3 Å². The fourth-order valence-corrected chi connectivity index (χ4v) is 4.53. The van der Waals surface area contributed by atoms with Gasteiger partial charge in [-0.15, -0.1) is 0 Å². The van der Waals surface area contributed by atoms with E-state index in [1.807, 2.05) is 0 Å². The van der Waals surface area contributed by atoms with Gasteiger partial charge < -0.3 is 26.5 Å². The van der Waals surface area contributed by atoms with Gasteiger partial charge in [-0.1, -0.05) is 0 Å². The molecular weight excluding hydrogens is 368 g/mol. The van der Waals surface area contributed by atoms with Crippen molar-refractivity contribution in [2.45, 2.75) is 31.4 Å². The second-order valence-corrected chi connectivity index (χ2v) is 7.64. The Hall–Kier alpha value is -2.70. The number of hydrogen-bond donors (Lipinski definition) is 4. The summed E-state index contributed by atoms with van der Waals surface area (Å²) in [5.74, 6) is -1.28. The van der Waals surface area contributed by atoms with E-state index in [0.29, 0.717) is 0 Å². The summed E-state index contributed by atoms with van der Waals surface area (Å²) in [6, 6.07) is -1.07. The van der Waals surface area contributed by atoms with Crippen molar-refractivity contribution in [3.63, 3.8) is 0 Å². The van der Waals surface area contributed by atoms with Crippen LogP contribution in [-0.4, -0.2) is 41.2 Å². The number of amides is 1. The van der Waals surface area contributed by atoms with Crippen LogP contribution >= 0.6 is 0 Å². The Bertz CT molecular complexity index is 1000. The molecule has 7 N–H and O–H groups in total. The summed E-state index contributed by atoms with van der Waals surface area (Å²) in [7, 11) is -4.67. The van der Waals surface area contributed by atoms with E-state index < -0.39 is 45.7 Å². The smallest absolute Gasteiger partial charge is 0.404 e. The minimum Gasteiger partial charge on any atom is -0.445 e. The number of fused-ring (bicyclic) bond motifs is 3. The number of nitrogens with zero attached hydrogens (tertiary/aromatic N) is 1. The van der Waals surface area contributed by atoms with Crippen LogP contribution in [0.2, 0.25) is 0 Å². The molecule has 0 unspecified atom stereocenters. The third-order valence-corrected chi connectivity index (χ3v) is 5.79. The van der Waals surface area contributed by atoms with E-state index in [-0.39, 0.29) is 40.3 Å². The lowest BCUT2D eigenvalue weighted by atomic mass is 9.90. The van der Waals surface area contributed by atoms with E-state index in [1.165, 1.54) is 11.5 Å². The highest BCUT2D eigenvalue weighted by molar-refractivity contribution is 7.86. The molecule has 11 nitrogen and oxygen atoms in total. The number of carbonyl (C=O) groups excluding carboxylic acids is 3. The molecule has 1 aromatic rings. The number of carbonyl (C=O) groups is 3. The third-order valence-electron chi connectivity index (χ3n) is 4.57. The standard InChI is InChI=1S/C14H16N4O7S/c1-4-8(16)12(20)7-5(3-25-14(17)21)9-13(26(22,23)24)6(15)2-18(9)10(7)11(4)19/h6,13H,2-3,15-16H2,1H3,(H2,17,21)(H,22,23,24)/t6-,13-/m0/s1. The van der Waals surface area contributed by atoms with Crippen LogP contribution in [0.3, 0.4) is 0 Å². The quantitative estimate of drug-likeness (QED) is 0.470. The number of primary amides is 1. The molecule has 140 valence electrons. The average Bonchev–Trinajstić information content (AvgIpc) is 3.00. The molecule has 0 saturated carbocycles. The van der Waals surface area contributed by atoms with Gasteiger partial charge in [-0.05, 0) is 6.92 Å². The summed E-state index contributed by atoms with van der Waals surface area (Å²) >= 11 is 0. The number of hydrogen-bond acceptors (Lipinski definition) is 8. The fourth-order valence-electron chi connectivity index (χ4n) is 3.45. The van der Waals surface area contributed by atoms with Gasteiger partial charge in [-0.2, -0.15) is 8.42 Å². The molecule has 1 aromatic heterocycles. The van der Waals surface area contributed by atoms with Gasteiger partial charge in [-0.3, -0.25) is 14.1 Å². The summed E-state index contributed by atoms with van der Waals surface area (Å²) in [6.45, 7) is 0.655. The van der Waals surface area contributed by atoms with Crippen LogP contribution < -0.4 is 17.2 Å². The first-order valence-electron chi connectivity index (χ1n) is 7.41. The van der Waals surface area contributed by atoms with Gasteiger partial charge in [0, 0.05) is 29.4 Å². The molecule has 0 saturated heterocycles. The Labute approximate surface area is 147 Å². The molecule has 2 atom stereocenters. The van der Waals surface area contributed by atoms with Crippen LogP contribution in [0.4, 0.5) is 4.79 Å². The normalized spacial score (nSPS) is 22.4. The molecular formula is C14H16N4O7S. The Morgan fingerprint density at radius 2 is 1.96 bits per heavy atom. The number of allylic oxidation sites excluding steroid dienone is 2. The highest BCUT2D eigenvalue weighted by Gasteiger charge is 2.48. The predicted octanol–water partition coefficient (Wildman–Crippen LogP) is -1.04. The predicted molar refractivity (Wildman–Crippen MR) is 86.6 cm³/mol. The Morgan fingerprint density at radius 3 is 2.50 bits per heavy atom. The van der Waals surface area contributed by atoms with Crippen molar-refractivity contribution >= 4 is 27.8 Å². The zero-order valence-corrected chi connectivity index (χ0v) is 14.4. The van der Waals surface area contributed by atoms with Crippen molar-refractivity contribution in [3.8, 4) is 0 Å². The SMILES string of the molecule is CC1=C(N)C(=O)c2c(COC(N)=O)c3n(c2C1=O)C[C@H](N)[C@@H]3S(=O)(=O)O.